The first-order valence-electron chi connectivity index (χ1n) is 6.13. The number of hydrogen-bond acceptors (Lipinski definition) is 2. The van der Waals surface area contributed by atoms with Crippen molar-refractivity contribution in [3.8, 4) is 0 Å². The zero-order chi connectivity index (χ0) is 12.8. The van der Waals surface area contributed by atoms with E-state index in [0.29, 0.717) is 5.92 Å². The van der Waals surface area contributed by atoms with Crippen LogP contribution in [0.4, 0.5) is 0 Å². The van der Waals surface area contributed by atoms with Crippen LogP contribution in [0.15, 0.2) is 65.6 Å². The quantitative estimate of drug-likeness (QED) is 0.547. The van der Waals surface area contributed by atoms with Crippen LogP contribution in [-0.2, 0) is 0 Å². The van der Waals surface area contributed by atoms with Gasteiger partial charge in [-0.3, -0.25) is 0 Å². The number of hydrogen-bond donors (Lipinski definition) is 0. The summed E-state index contributed by atoms with van der Waals surface area (Å²) in [5.74, 6) is 0.353. The van der Waals surface area contributed by atoms with Gasteiger partial charge in [-0.2, -0.15) is 0 Å². The lowest BCUT2D eigenvalue weighted by Crippen LogP contribution is -2.05. The Morgan fingerprint density at radius 2 is 1.56 bits per heavy atom. The summed E-state index contributed by atoms with van der Waals surface area (Å²) in [6.45, 7) is 2.19. The Kier molecular flexibility index (Phi) is 4.97. The highest BCUT2D eigenvalue weighted by molar-refractivity contribution is 8.23. The molecule has 0 nitrogen and oxygen atoms in total. The van der Waals surface area contributed by atoms with Crippen LogP contribution >= 0.6 is 24.0 Å². The van der Waals surface area contributed by atoms with E-state index in [1.807, 2.05) is 12.1 Å². The van der Waals surface area contributed by atoms with E-state index in [2.05, 4.69) is 55.5 Å². The van der Waals surface area contributed by atoms with E-state index in [4.69, 9.17) is 12.2 Å². The monoisotopic (exact) mass is 272 g/mol. The Bertz CT molecular complexity index is 491. The highest BCUT2D eigenvalue weighted by atomic mass is 32.2. The molecule has 0 fully saturated rings. The predicted octanol–water partition coefficient (Wildman–Crippen LogP) is 5.30. The minimum absolute atomic E-state index is 0.353. The first kappa shape index (κ1) is 13.3. The molecule has 0 spiro atoms. The Balaban J connectivity index is 2.12. The smallest absolute Gasteiger partial charge is 0.0601 e. The summed E-state index contributed by atoms with van der Waals surface area (Å²) in [6, 6.07) is 20.9. The predicted molar refractivity (Wildman–Crippen MR) is 84.4 cm³/mol. The van der Waals surface area contributed by atoms with Crippen molar-refractivity contribution in [2.45, 2.75) is 24.2 Å². The average Bonchev–Trinajstić information content (AvgIpc) is 2.42. The van der Waals surface area contributed by atoms with E-state index in [-0.39, 0.29) is 0 Å². The van der Waals surface area contributed by atoms with Gasteiger partial charge in [0.15, 0.2) is 0 Å². The fourth-order valence-electron chi connectivity index (χ4n) is 1.90. The Morgan fingerprint density at radius 3 is 2.11 bits per heavy atom. The molecule has 0 aliphatic carbocycles. The third-order valence-electron chi connectivity index (χ3n) is 2.86. The molecule has 0 saturated heterocycles. The van der Waals surface area contributed by atoms with E-state index >= 15 is 0 Å². The molecule has 1 unspecified atom stereocenters. The normalized spacial score (nSPS) is 12.1. The molecule has 18 heavy (non-hydrogen) atoms. The van der Waals surface area contributed by atoms with Crippen molar-refractivity contribution >= 4 is 28.2 Å². The van der Waals surface area contributed by atoms with Crippen LogP contribution in [0.1, 0.15) is 24.8 Å². The molecule has 1 atom stereocenters. The van der Waals surface area contributed by atoms with Crippen LogP contribution in [0.3, 0.4) is 0 Å². The van der Waals surface area contributed by atoms with Gasteiger partial charge in [0.2, 0.25) is 0 Å². The zero-order valence-electron chi connectivity index (χ0n) is 10.4. The highest BCUT2D eigenvalue weighted by Crippen LogP contribution is 2.31. The van der Waals surface area contributed by atoms with E-state index < -0.39 is 0 Å². The summed E-state index contributed by atoms with van der Waals surface area (Å²) in [7, 11) is 0. The van der Waals surface area contributed by atoms with Crippen molar-refractivity contribution in [1.82, 2.24) is 0 Å². The molecule has 2 rings (SSSR count). The summed E-state index contributed by atoms with van der Waals surface area (Å²) >= 11 is 7.30. The third-order valence-corrected chi connectivity index (χ3v) is 4.38. The molecule has 0 aliphatic heterocycles. The topological polar surface area (TPSA) is 0 Å². The van der Waals surface area contributed by atoms with Gasteiger partial charge in [0.05, 0.1) is 4.20 Å². The average molecular weight is 272 g/mol. The summed E-state index contributed by atoms with van der Waals surface area (Å²) in [5.41, 5.74) is 1.31. The second-order valence-corrected chi connectivity index (χ2v) is 5.92. The lowest BCUT2D eigenvalue weighted by atomic mass is 9.99. The van der Waals surface area contributed by atoms with Crippen LogP contribution in [0, 0.1) is 0 Å². The number of thioether (sulfide) groups is 1. The Hall–Kier alpha value is -1.12. The fourth-order valence-corrected chi connectivity index (χ4v) is 3.46. The Morgan fingerprint density at radius 1 is 1.00 bits per heavy atom. The van der Waals surface area contributed by atoms with Crippen molar-refractivity contribution in [1.29, 1.82) is 0 Å². The van der Waals surface area contributed by atoms with Crippen LogP contribution in [0.5, 0.6) is 0 Å². The highest BCUT2D eigenvalue weighted by Gasteiger charge is 2.15. The van der Waals surface area contributed by atoms with E-state index in [9.17, 15) is 0 Å². The van der Waals surface area contributed by atoms with Crippen molar-refractivity contribution in [3.05, 3.63) is 66.2 Å². The minimum atomic E-state index is 0.353. The standard InChI is InChI=1S/C16H16S2/c1-2-15(13-9-5-3-6-10-13)16(17)18-14-11-7-4-8-12-14/h3-12,15H,2H2,1H3. The van der Waals surface area contributed by atoms with Gasteiger partial charge in [-0.05, 0) is 24.1 Å². The summed E-state index contributed by atoms with van der Waals surface area (Å²) in [6.07, 6.45) is 1.04. The maximum atomic E-state index is 5.60. The molecule has 0 bridgehead atoms. The molecular weight excluding hydrogens is 256 g/mol. The van der Waals surface area contributed by atoms with Gasteiger partial charge in [0.25, 0.3) is 0 Å². The number of rotatable bonds is 4. The maximum Gasteiger partial charge on any atom is 0.0601 e. The van der Waals surface area contributed by atoms with Gasteiger partial charge in [-0.15, -0.1) is 0 Å². The van der Waals surface area contributed by atoms with Crippen LogP contribution < -0.4 is 0 Å². The zero-order valence-corrected chi connectivity index (χ0v) is 12.0. The third kappa shape index (κ3) is 3.44. The molecular formula is C16H16S2. The van der Waals surface area contributed by atoms with Gasteiger partial charge in [-0.1, -0.05) is 79.4 Å². The van der Waals surface area contributed by atoms with Crippen molar-refractivity contribution in [2.75, 3.05) is 0 Å². The molecule has 0 amide bonds. The molecule has 0 radical (unpaired) electrons. The number of thiocarbonyl (C=S) groups is 1. The van der Waals surface area contributed by atoms with E-state index in [1.165, 1.54) is 10.5 Å². The lowest BCUT2D eigenvalue weighted by molar-refractivity contribution is 0.863. The number of benzene rings is 2. The van der Waals surface area contributed by atoms with Crippen LogP contribution in [0.25, 0.3) is 0 Å². The minimum Gasteiger partial charge on any atom is -0.0821 e. The summed E-state index contributed by atoms with van der Waals surface area (Å²) in [5, 5.41) is 0. The van der Waals surface area contributed by atoms with Crippen molar-refractivity contribution < 1.29 is 0 Å². The molecule has 0 N–H and O–H groups in total. The molecule has 0 heterocycles. The maximum absolute atomic E-state index is 5.60. The lowest BCUT2D eigenvalue weighted by Gasteiger charge is -2.16. The molecule has 2 aromatic carbocycles. The molecule has 0 aromatic heterocycles. The van der Waals surface area contributed by atoms with Crippen LogP contribution in [0.2, 0.25) is 0 Å². The Labute approximate surface area is 118 Å². The first-order valence-corrected chi connectivity index (χ1v) is 7.35. The molecule has 92 valence electrons. The molecule has 2 heteroatoms. The molecule has 0 saturated carbocycles. The van der Waals surface area contributed by atoms with Gasteiger partial charge >= 0.3 is 0 Å². The molecule has 0 aliphatic rings. The van der Waals surface area contributed by atoms with Gasteiger partial charge in [0, 0.05) is 10.8 Å². The van der Waals surface area contributed by atoms with Crippen molar-refractivity contribution in [3.63, 3.8) is 0 Å². The summed E-state index contributed by atoms with van der Waals surface area (Å²) < 4.78 is 1.05. The van der Waals surface area contributed by atoms with Gasteiger partial charge in [0.1, 0.15) is 0 Å². The van der Waals surface area contributed by atoms with Gasteiger partial charge < -0.3 is 0 Å². The summed E-state index contributed by atoms with van der Waals surface area (Å²) in [4.78, 5) is 1.22. The van der Waals surface area contributed by atoms with E-state index in [1.54, 1.807) is 11.8 Å². The first-order chi connectivity index (χ1) is 8.81. The molecule has 2 aromatic rings. The van der Waals surface area contributed by atoms with Crippen LogP contribution in [-0.4, -0.2) is 4.20 Å². The van der Waals surface area contributed by atoms with E-state index in [0.717, 1.165) is 10.6 Å². The second kappa shape index (κ2) is 6.72. The SMILES string of the molecule is CCC(C(=S)Sc1ccccc1)c1ccccc1. The largest absolute Gasteiger partial charge is 0.0821 e. The van der Waals surface area contributed by atoms with Crippen molar-refractivity contribution in [2.24, 2.45) is 0 Å². The second-order valence-electron chi connectivity index (χ2n) is 4.11. The fraction of sp³-hybridized carbons (Fsp3) is 0.188. The van der Waals surface area contributed by atoms with Gasteiger partial charge in [-0.25, -0.2) is 0 Å².